The van der Waals surface area contributed by atoms with Crippen LogP contribution in [0, 0.1) is 0 Å². The van der Waals surface area contributed by atoms with Crippen LogP contribution in [0.1, 0.15) is 0 Å². The largest absolute Gasteiger partial charge is 0.489 e. The zero-order valence-electron chi connectivity index (χ0n) is 11.0. The molecule has 2 rings (SSSR count). The molecular formula is C15H14BrCl2NO2. The van der Waals surface area contributed by atoms with Crippen LogP contribution in [0.2, 0.25) is 10.0 Å². The highest BCUT2D eigenvalue weighted by Crippen LogP contribution is 2.27. The van der Waals surface area contributed by atoms with Crippen molar-refractivity contribution >= 4 is 44.8 Å². The summed E-state index contributed by atoms with van der Waals surface area (Å²) in [5.74, 6) is 0.464. The molecule has 21 heavy (non-hydrogen) atoms. The summed E-state index contributed by atoms with van der Waals surface area (Å²) in [4.78, 5) is 0. The van der Waals surface area contributed by atoms with Crippen LogP contribution in [0.3, 0.4) is 0 Å². The Morgan fingerprint density at radius 3 is 2.76 bits per heavy atom. The molecule has 2 N–H and O–H groups in total. The highest BCUT2D eigenvalue weighted by molar-refractivity contribution is 9.10. The molecule has 0 aromatic heterocycles. The summed E-state index contributed by atoms with van der Waals surface area (Å²) in [6.07, 6.45) is -0.668. The zero-order valence-corrected chi connectivity index (χ0v) is 14.1. The minimum absolute atomic E-state index is 0.126. The van der Waals surface area contributed by atoms with Gasteiger partial charge in [-0.3, -0.25) is 0 Å². The van der Waals surface area contributed by atoms with Crippen molar-refractivity contribution in [1.82, 2.24) is 0 Å². The summed E-state index contributed by atoms with van der Waals surface area (Å²) >= 11 is 15.2. The summed E-state index contributed by atoms with van der Waals surface area (Å²) in [5, 5.41) is 14.1. The number of anilines is 1. The third kappa shape index (κ3) is 5.40. The van der Waals surface area contributed by atoms with Gasteiger partial charge in [-0.15, -0.1) is 0 Å². The van der Waals surface area contributed by atoms with Crippen molar-refractivity contribution < 1.29 is 9.84 Å². The van der Waals surface area contributed by atoms with Crippen molar-refractivity contribution in [2.24, 2.45) is 0 Å². The number of aliphatic hydroxyl groups is 1. The summed E-state index contributed by atoms with van der Waals surface area (Å²) in [6, 6.07) is 12.7. The molecule has 0 saturated heterocycles. The third-order valence-corrected chi connectivity index (χ3v) is 3.73. The Morgan fingerprint density at radius 2 is 2.00 bits per heavy atom. The van der Waals surface area contributed by atoms with Crippen LogP contribution in [0.25, 0.3) is 0 Å². The van der Waals surface area contributed by atoms with Crippen molar-refractivity contribution in [1.29, 1.82) is 0 Å². The molecule has 1 unspecified atom stereocenters. The van der Waals surface area contributed by atoms with E-state index < -0.39 is 6.10 Å². The van der Waals surface area contributed by atoms with Crippen molar-refractivity contribution in [3.05, 3.63) is 57.0 Å². The second kappa shape index (κ2) is 7.90. The van der Waals surface area contributed by atoms with E-state index in [-0.39, 0.29) is 6.61 Å². The van der Waals surface area contributed by atoms with E-state index in [2.05, 4.69) is 21.2 Å². The number of nitrogens with one attached hydrogen (secondary N) is 1. The maximum atomic E-state index is 9.93. The van der Waals surface area contributed by atoms with E-state index in [9.17, 15) is 5.11 Å². The Hall–Kier alpha value is -0.940. The van der Waals surface area contributed by atoms with Crippen LogP contribution in [0.4, 0.5) is 5.69 Å². The predicted octanol–water partition coefficient (Wildman–Crippen LogP) is 4.61. The molecule has 0 heterocycles. The quantitative estimate of drug-likeness (QED) is 0.756. The first kappa shape index (κ1) is 16.4. The lowest BCUT2D eigenvalue weighted by molar-refractivity contribution is 0.117. The van der Waals surface area contributed by atoms with Crippen LogP contribution in [-0.2, 0) is 0 Å². The Labute approximate surface area is 142 Å². The smallest absolute Gasteiger partial charge is 0.139 e. The Kier molecular flexibility index (Phi) is 6.18. The van der Waals surface area contributed by atoms with Crippen molar-refractivity contribution in [2.75, 3.05) is 18.5 Å². The first-order chi connectivity index (χ1) is 10.0. The number of aliphatic hydroxyl groups excluding tert-OH is 1. The fourth-order valence-corrected chi connectivity index (χ4v) is 2.40. The van der Waals surface area contributed by atoms with Crippen molar-refractivity contribution in [3.8, 4) is 5.75 Å². The molecule has 0 aliphatic carbocycles. The molecule has 1 atom stereocenters. The topological polar surface area (TPSA) is 41.5 Å². The Morgan fingerprint density at radius 1 is 1.19 bits per heavy atom. The number of hydrogen-bond acceptors (Lipinski definition) is 3. The Bertz CT molecular complexity index is 610. The van der Waals surface area contributed by atoms with Crippen LogP contribution in [0.5, 0.6) is 5.75 Å². The van der Waals surface area contributed by atoms with E-state index in [1.807, 2.05) is 24.3 Å². The summed E-state index contributed by atoms with van der Waals surface area (Å²) in [7, 11) is 0. The van der Waals surface area contributed by atoms with Crippen molar-refractivity contribution in [3.63, 3.8) is 0 Å². The van der Waals surface area contributed by atoms with Gasteiger partial charge in [0.25, 0.3) is 0 Å². The van der Waals surface area contributed by atoms with Gasteiger partial charge in [0, 0.05) is 27.8 Å². The molecule has 2 aromatic carbocycles. The molecule has 0 amide bonds. The summed E-state index contributed by atoms with van der Waals surface area (Å²) in [6.45, 7) is 0.496. The first-order valence-electron chi connectivity index (χ1n) is 6.30. The molecule has 0 fully saturated rings. The van der Waals surface area contributed by atoms with Gasteiger partial charge >= 0.3 is 0 Å². The van der Waals surface area contributed by atoms with Crippen LogP contribution in [-0.4, -0.2) is 24.4 Å². The van der Waals surface area contributed by atoms with Gasteiger partial charge in [0.05, 0.1) is 5.02 Å². The molecule has 0 aliphatic rings. The van der Waals surface area contributed by atoms with E-state index in [0.717, 1.165) is 10.2 Å². The van der Waals surface area contributed by atoms with Gasteiger partial charge in [-0.1, -0.05) is 45.2 Å². The van der Waals surface area contributed by atoms with E-state index in [0.29, 0.717) is 22.3 Å². The molecular weight excluding hydrogens is 377 g/mol. The fraction of sp³-hybridized carbons (Fsp3) is 0.200. The van der Waals surface area contributed by atoms with Gasteiger partial charge in [0.2, 0.25) is 0 Å². The maximum Gasteiger partial charge on any atom is 0.139 e. The average molecular weight is 391 g/mol. The van der Waals surface area contributed by atoms with Gasteiger partial charge < -0.3 is 15.2 Å². The standard InChI is InChI=1S/C15H14BrCl2NO2/c16-10-2-1-3-12(6-10)19-8-13(20)9-21-15-7-11(17)4-5-14(15)18/h1-7,13,19-20H,8-9H2. The highest BCUT2D eigenvalue weighted by Gasteiger charge is 2.08. The molecule has 3 nitrogen and oxygen atoms in total. The van der Waals surface area contributed by atoms with Crippen LogP contribution < -0.4 is 10.1 Å². The van der Waals surface area contributed by atoms with Gasteiger partial charge in [-0.05, 0) is 30.3 Å². The van der Waals surface area contributed by atoms with Gasteiger partial charge in [0.1, 0.15) is 18.5 Å². The molecule has 112 valence electrons. The molecule has 0 aliphatic heterocycles. The van der Waals surface area contributed by atoms with Crippen LogP contribution >= 0.6 is 39.1 Å². The minimum Gasteiger partial charge on any atom is -0.489 e. The lowest BCUT2D eigenvalue weighted by Gasteiger charge is -2.15. The van der Waals surface area contributed by atoms with Gasteiger partial charge in [0.15, 0.2) is 0 Å². The Balaban J connectivity index is 1.82. The van der Waals surface area contributed by atoms with Crippen molar-refractivity contribution in [2.45, 2.75) is 6.10 Å². The maximum absolute atomic E-state index is 9.93. The second-order valence-corrected chi connectivity index (χ2v) is 6.19. The SMILES string of the molecule is OC(CNc1cccc(Br)c1)COc1cc(Cl)ccc1Cl. The number of hydrogen-bond donors (Lipinski definition) is 2. The molecule has 0 saturated carbocycles. The second-order valence-electron chi connectivity index (χ2n) is 4.43. The molecule has 0 radical (unpaired) electrons. The van der Waals surface area contributed by atoms with E-state index in [4.69, 9.17) is 27.9 Å². The number of ether oxygens (including phenoxy) is 1. The number of rotatable bonds is 6. The molecule has 0 bridgehead atoms. The third-order valence-electron chi connectivity index (χ3n) is 2.69. The first-order valence-corrected chi connectivity index (χ1v) is 7.85. The summed E-state index contributed by atoms with van der Waals surface area (Å²) < 4.78 is 6.45. The lowest BCUT2D eigenvalue weighted by Crippen LogP contribution is -2.26. The van der Waals surface area contributed by atoms with E-state index in [1.165, 1.54) is 0 Å². The average Bonchev–Trinajstić information content (AvgIpc) is 2.46. The van der Waals surface area contributed by atoms with Gasteiger partial charge in [-0.2, -0.15) is 0 Å². The molecule has 0 spiro atoms. The highest BCUT2D eigenvalue weighted by atomic mass is 79.9. The van der Waals surface area contributed by atoms with Gasteiger partial charge in [-0.25, -0.2) is 0 Å². The molecule has 6 heteroatoms. The normalized spacial score (nSPS) is 12.0. The fourth-order valence-electron chi connectivity index (χ4n) is 1.67. The van der Waals surface area contributed by atoms with E-state index >= 15 is 0 Å². The van der Waals surface area contributed by atoms with Crippen LogP contribution in [0.15, 0.2) is 46.9 Å². The minimum atomic E-state index is -0.668. The lowest BCUT2D eigenvalue weighted by atomic mass is 10.3. The summed E-state index contributed by atoms with van der Waals surface area (Å²) in [5.41, 5.74) is 0.921. The monoisotopic (exact) mass is 389 g/mol. The molecule has 2 aromatic rings. The van der Waals surface area contributed by atoms with E-state index in [1.54, 1.807) is 18.2 Å². The zero-order chi connectivity index (χ0) is 15.2. The number of halogens is 3. The predicted molar refractivity (Wildman–Crippen MR) is 90.6 cm³/mol. The number of benzene rings is 2.